The number of rotatable bonds is 8. The van der Waals surface area contributed by atoms with Crippen molar-refractivity contribution in [1.82, 2.24) is 0 Å². The lowest BCUT2D eigenvalue weighted by Gasteiger charge is -2.29. The van der Waals surface area contributed by atoms with Crippen molar-refractivity contribution in [3.8, 4) is 0 Å². The first-order valence-corrected chi connectivity index (χ1v) is 11.8. The highest BCUT2D eigenvalue weighted by molar-refractivity contribution is 7.75. The lowest BCUT2D eigenvalue weighted by Crippen LogP contribution is -2.13. The maximum atomic E-state index is 2.38. The Morgan fingerprint density at radius 3 is 1.18 bits per heavy atom. The molecule has 0 unspecified atom stereocenters. The van der Waals surface area contributed by atoms with Crippen LogP contribution >= 0.6 is 7.26 Å². The van der Waals surface area contributed by atoms with Crippen LogP contribution in [0.5, 0.6) is 0 Å². The summed E-state index contributed by atoms with van der Waals surface area (Å²) in [6, 6.07) is 0. The molecule has 0 aliphatic rings. The third-order valence-electron chi connectivity index (χ3n) is 5.74. The molecule has 0 aliphatic heterocycles. The maximum Gasteiger partial charge on any atom is 0.0848 e. The first-order valence-electron chi connectivity index (χ1n) is 9.24. The second-order valence-electron chi connectivity index (χ2n) is 7.27. The minimum Gasteiger partial charge on any atom is -0.0619 e. The van der Waals surface area contributed by atoms with Gasteiger partial charge in [-0.15, -0.1) is 0 Å². The molecule has 0 radical (unpaired) electrons. The minimum absolute atomic E-state index is 0.827. The van der Waals surface area contributed by atoms with E-state index in [1.54, 1.807) is 16.7 Å². The van der Waals surface area contributed by atoms with Crippen LogP contribution in [0, 0.1) is 34.6 Å². The van der Waals surface area contributed by atoms with Gasteiger partial charge < -0.3 is 0 Å². The van der Waals surface area contributed by atoms with Gasteiger partial charge in [-0.1, -0.05) is 20.8 Å². The van der Waals surface area contributed by atoms with Crippen LogP contribution in [-0.4, -0.2) is 18.5 Å². The van der Waals surface area contributed by atoms with E-state index in [0.717, 1.165) is 0 Å². The zero-order valence-corrected chi connectivity index (χ0v) is 17.3. The average molecular weight is 322 g/mol. The van der Waals surface area contributed by atoms with E-state index in [4.69, 9.17) is 0 Å². The molecular formula is C21H38P+. The van der Waals surface area contributed by atoms with Gasteiger partial charge in [-0.05, 0) is 87.3 Å². The Kier molecular flexibility index (Phi) is 7.60. The molecule has 0 amide bonds. The van der Waals surface area contributed by atoms with Crippen LogP contribution in [0.4, 0.5) is 0 Å². The molecule has 0 aliphatic carbocycles. The fourth-order valence-electron chi connectivity index (χ4n) is 4.15. The molecular weight excluding hydrogens is 283 g/mol. The van der Waals surface area contributed by atoms with Crippen molar-refractivity contribution in [2.75, 3.05) is 18.5 Å². The molecule has 0 saturated carbocycles. The SMILES string of the molecule is CCC[P+](CCC)(CCC)Cc1c(C)c(C)c(C)c(C)c1C. The van der Waals surface area contributed by atoms with Crippen LogP contribution in [0.15, 0.2) is 0 Å². The standard InChI is InChI=1S/C21H38P/c1-9-12-22(13-10-2,14-11-3)15-21-19(7)17(5)16(4)18(6)20(21)8/h9-15H2,1-8H3/q+1. The Balaban J connectivity index is 3.34. The van der Waals surface area contributed by atoms with E-state index in [1.165, 1.54) is 60.6 Å². The molecule has 0 N–H and O–H groups in total. The highest BCUT2D eigenvalue weighted by Gasteiger charge is 2.36. The van der Waals surface area contributed by atoms with E-state index in [0.29, 0.717) is 0 Å². The topological polar surface area (TPSA) is 0 Å². The summed E-state index contributed by atoms with van der Waals surface area (Å²) < 4.78 is 0. The maximum absolute atomic E-state index is 2.38. The zero-order valence-electron chi connectivity index (χ0n) is 16.4. The third kappa shape index (κ3) is 4.14. The molecule has 126 valence electrons. The largest absolute Gasteiger partial charge is 0.0848 e. The van der Waals surface area contributed by atoms with Crippen LogP contribution in [0.3, 0.4) is 0 Å². The molecule has 0 saturated heterocycles. The van der Waals surface area contributed by atoms with Crippen LogP contribution in [0.2, 0.25) is 0 Å². The van der Waals surface area contributed by atoms with Crippen molar-refractivity contribution in [3.05, 3.63) is 33.4 Å². The lowest BCUT2D eigenvalue weighted by molar-refractivity contribution is 0.977. The molecule has 0 spiro atoms. The summed E-state index contributed by atoms with van der Waals surface area (Å²) in [6.07, 6.45) is 9.92. The summed E-state index contributed by atoms with van der Waals surface area (Å²) in [6.45, 7) is 18.8. The molecule has 1 rings (SSSR count). The predicted octanol–water partition coefficient (Wildman–Crippen LogP) is 6.98. The molecule has 22 heavy (non-hydrogen) atoms. The van der Waals surface area contributed by atoms with Gasteiger partial charge in [-0.2, -0.15) is 0 Å². The highest BCUT2D eigenvalue weighted by Crippen LogP contribution is 2.63. The quantitative estimate of drug-likeness (QED) is 0.453. The lowest BCUT2D eigenvalue weighted by atomic mass is 9.90. The summed E-state index contributed by atoms with van der Waals surface area (Å²) in [5, 5.41) is 0. The van der Waals surface area contributed by atoms with Gasteiger partial charge in [-0.3, -0.25) is 0 Å². The Hall–Kier alpha value is -0.350. The molecule has 0 bridgehead atoms. The Morgan fingerprint density at radius 2 is 0.864 bits per heavy atom. The van der Waals surface area contributed by atoms with Gasteiger partial charge in [0.05, 0.1) is 24.6 Å². The van der Waals surface area contributed by atoms with E-state index in [9.17, 15) is 0 Å². The highest BCUT2D eigenvalue weighted by atomic mass is 31.2. The van der Waals surface area contributed by atoms with Crippen LogP contribution in [0.1, 0.15) is 73.4 Å². The first kappa shape index (κ1) is 19.7. The van der Waals surface area contributed by atoms with Crippen molar-refractivity contribution in [2.24, 2.45) is 0 Å². The van der Waals surface area contributed by atoms with Crippen molar-refractivity contribution < 1.29 is 0 Å². The summed E-state index contributed by atoms with van der Waals surface area (Å²) in [5.74, 6) is 0. The molecule has 0 fully saturated rings. The van der Waals surface area contributed by atoms with Crippen molar-refractivity contribution in [2.45, 2.75) is 80.8 Å². The molecule has 1 aromatic carbocycles. The first-order chi connectivity index (χ1) is 10.3. The van der Waals surface area contributed by atoms with E-state index in [-0.39, 0.29) is 0 Å². The molecule has 1 heteroatoms. The smallest absolute Gasteiger partial charge is 0.0619 e. The van der Waals surface area contributed by atoms with Crippen LogP contribution in [-0.2, 0) is 6.16 Å². The molecule has 0 nitrogen and oxygen atoms in total. The van der Waals surface area contributed by atoms with E-state index in [2.05, 4.69) is 55.4 Å². The second kappa shape index (κ2) is 8.49. The molecule has 0 atom stereocenters. The summed E-state index contributed by atoms with van der Waals surface area (Å²) in [4.78, 5) is 0. The van der Waals surface area contributed by atoms with Gasteiger partial charge in [0.1, 0.15) is 0 Å². The van der Waals surface area contributed by atoms with Crippen molar-refractivity contribution >= 4 is 7.26 Å². The molecule has 0 heterocycles. The van der Waals surface area contributed by atoms with Crippen molar-refractivity contribution in [1.29, 1.82) is 0 Å². The zero-order chi connectivity index (χ0) is 16.9. The summed E-state index contributed by atoms with van der Waals surface area (Å²) in [7, 11) is -0.827. The average Bonchev–Trinajstić information content (AvgIpc) is 2.48. The predicted molar refractivity (Wildman–Crippen MR) is 106 cm³/mol. The monoisotopic (exact) mass is 321 g/mol. The normalized spacial score (nSPS) is 12.0. The fourth-order valence-corrected chi connectivity index (χ4v) is 9.28. The van der Waals surface area contributed by atoms with Crippen LogP contribution in [0.25, 0.3) is 0 Å². The molecule has 1 aromatic rings. The van der Waals surface area contributed by atoms with Gasteiger partial charge in [0, 0.05) is 7.26 Å². The van der Waals surface area contributed by atoms with Gasteiger partial charge in [0.25, 0.3) is 0 Å². The fraction of sp³-hybridized carbons (Fsp3) is 0.714. The number of benzene rings is 1. The van der Waals surface area contributed by atoms with E-state index in [1.807, 2.05) is 0 Å². The summed E-state index contributed by atoms with van der Waals surface area (Å²) >= 11 is 0. The van der Waals surface area contributed by atoms with Gasteiger partial charge >= 0.3 is 0 Å². The Morgan fingerprint density at radius 1 is 0.545 bits per heavy atom. The third-order valence-corrected chi connectivity index (χ3v) is 10.9. The summed E-state index contributed by atoms with van der Waals surface area (Å²) in [5.41, 5.74) is 9.41. The number of hydrogen-bond donors (Lipinski definition) is 0. The van der Waals surface area contributed by atoms with E-state index >= 15 is 0 Å². The van der Waals surface area contributed by atoms with Crippen LogP contribution < -0.4 is 0 Å². The van der Waals surface area contributed by atoms with Gasteiger partial charge in [-0.25, -0.2) is 0 Å². The van der Waals surface area contributed by atoms with Crippen molar-refractivity contribution in [3.63, 3.8) is 0 Å². The van der Waals surface area contributed by atoms with Gasteiger partial charge in [0.15, 0.2) is 0 Å². The Bertz CT molecular complexity index is 453. The number of hydrogen-bond acceptors (Lipinski definition) is 0. The Labute approximate surface area is 140 Å². The van der Waals surface area contributed by atoms with E-state index < -0.39 is 7.26 Å². The second-order valence-corrected chi connectivity index (χ2v) is 11.6. The van der Waals surface area contributed by atoms with Gasteiger partial charge in [0.2, 0.25) is 0 Å². The molecule has 0 aromatic heterocycles. The minimum atomic E-state index is -0.827.